The van der Waals surface area contributed by atoms with Crippen LogP contribution in [0.2, 0.25) is 0 Å². The predicted octanol–water partition coefficient (Wildman–Crippen LogP) is 0.113. The fourth-order valence-electron chi connectivity index (χ4n) is 0.168. The van der Waals surface area contributed by atoms with Crippen molar-refractivity contribution in [2.45, 2.75) is 6.92 Å². The first-order chi connectivity index (χ1) is 3.06. The van der Waals surface area contributed by atoms with E-state index in [0.717, 1.165) is 0 Å². The Labute approximate surface area is 66.6 Å². The van der Waals surface area contributed by atoms with E-state index in [-0.39, 0.29) is 32.8 Å². The van der Waals surface area contributed by atoms with Crippen LogP contribution < -0.4 is 0 Å². The molecule has 2 N–H and O–H groups in total. The molecule has 4 nitrogen and oxygen atoms in total. The van der Waals surface area contributed by atoms with E-state index in [1.54, 1.807) is 0 Å². The maximum atomic E-state index is 9.70. The fourth-order valence-corrected chi connectivity index (χ4v) is 0.505. The Morgan fingerprint density at radius 3 is 2.00 bits per heavy atom. The van der Waals surface area contributed by atoms with Crippen molar-refractivity contribution in [3.8, 4) is 0 Å². The van der Waals surface area contributed by atoms with Crippen LogP contribution in [0.3, 0.4) is 0 Å². The van der Waals surface area contributed by atoms with Gasteiger partial charge in [0, 0.05) is 26.2 Å². The van der Waals surface area contributed by atoms with Gasteiger partial charge in [-0.1, -0.05) is 0 Å². The van der Waals surface area contributed by atoms with Crippen LogP contribution in [0.5, 0.6) is 0 Å². The molecule has 0 saturated carbocycles. The Morgan fingerprint density at radius 2 is 2.00 bits per heavy atom. The van der Waals surface area contributed by atoms with Gasteiger partial charge in [0.2, 0.25) is 0 Å². The standard InChI is InChI=1S/C2H7O4P.Zr/c1-2-6-7(3,4)5;/h2H2,1H3,(H2,3,4,5);. The van der Waals surface area contributed by atoms with Gasteiger partial charge < -0.3 is 9.79 Å². The van der Waals surface area contributed by atoms with Crippen LogP contribution in [0.15, 0.2) is 0 Å². The molecule has 0 radical (unpaired) electrons. The van der Waals surface area contributed by atoms with Gasteiger partial charge in [-0.05, 0) is 6.92 Å². The number of hydrogen-bond acceptors (Lipinski definition) is 2. The Hall–Kier alpha value is 0.993. The molecule has 0 unspecified atom stereocenters. The van der Waals surface area contributed by atoms with Gasteiger partial charge in [0.1, 0.15) is 0 Å². The van der Waals surface area contributed by atoms with Crippen molar-refractivity contribution in [3.63, 3.8) is 0 Å². The van der Waals surface area contributed by atoms with Gasteiger partial charge in [-0.25, -0.2) is 4.57 Å². The van der Waals surface area contributed by atoms with Crippen molar-refractivity contribution in [3.05, 3.63) is 0 Å². The largest absolute Gasteiger partial charge is 0.469 e. The molecule has 0 heterocycles. The molecule has 0 aliphatic heterocycles. The first kappa shape index (κ1) is 11.7. The third-order valence-electron chi connectivity index (χ3n) is 0.297. The molecule has 0 rings (SSSR count). The number of rotatable bonds is 2. The van der Waals surface area contributed by atoms with Crippen LogP contribution in [0.1, 0.15) is 6.92 Å². The van der Waals surface area contributed by atoms with Crippen molar-refractivity contribution in [2.24, 2.45) is 0 Å². The van der Waals surface area contributed by atoms with Gasteiger partial charge >= 0.3 is 7.82 Å². The van der Waals surface area contributed by atoms with Crippen LogP contribution in [0.4, 0.5) is 0 Å². The van der Waals surface area contributed by atoms with Crippen molar-refractivity contribution < 1.29 is 45.1 Å². The Bertz CT molecular complexity index is 88.0. The normalized spacial score (nSPS) is 10.4. The minimum atomic E-state index is -4.17. The number of hydrogen-bond donors (Lipinski definition) is 2. The summed E-state index contributed by atoms with van der Waals surface area (Å²) in [7, 11) is -4.17. The molecule has 0 saturated heterocycles. The average molecular weight is 217 g/mol. The quantitative estimate of drug-likeness (QED) is 0.644. The van der Waals surface area contributed by atoms with Crippen LogP contribution in [0.25, 0.3) is 0 Å². The Morgan fingerprint density at radius 1 is 1.62 bits per heavy atom. The van der Waals surface area contributed by atoms with Gasteiger partial charge in [0.25, 0.3) is 0 Å². The van der Waals surface area contributed by atoms with E-state index in [1.807, 2.05) is 0 Å². The van der Waals surface area contributed by atoms with Gasteiger partial charge in [0.05, 0.1) is 6.61 Å². The molecule has 0 fully saturated rings. The Balaban J connectivity index is 0. The van der Waals surface area contributed by atoms with Gasteiger partial charge in [-0.3, -0.25) is 4.52 Å². The summed E-state index contributed by atoms with van der Waals surface area (Å²) in [6, 6.07) is 0. The maximum absolute atomic E-state index is 9.70. The molecule has 0 bridgehead atoms. The van der Waals surface area contributed by atoms with E-state index in [1.165, 1.54) is 6.92 Å². The molecule has 6 heteroatoms. The zero-order valence-electron chi connectivity index (χ0n) is 4.37. The van der Waals surface area contributed by atoms with Crippen LogP contribution in [0, 0.1) is 0 Å². The SMILES string of the molecule is CCOP(=O)(O)O.[Zr]. The van der Waals surface area contributed by atoms with Crippen LogP contribution >= 0.6 is 7.82 Å². The minimum Gasteiger partial charge on any atom is -0.303 e. The molecule has 0 amide bonds. The summed E-state index contributed by atoms with van der Waals surface area (Å²) in [5.41, 5.74) is 0. The maximum Gasteiger partial charge on any atom is 0.469 e. The fraction of sp³-hybridized carbons (Fsp3) is 1.00. The van der Waals surface area contributed by atoms with Crippen molar-refractivity contribution in [2.75, 3.05) is 6.61 Å². The summed E-state index contributed by atoms with van der Waals surface area (Å²) in [6.45, 7) is 1.56. The van der Waals surface area contributed by atoms with E-state index < -0.39 is 7.82 Å². The monoisotopic (exact) mass is 216 g/mol. The second-order valence-corrected chi connectivity index (χ2v) is 2.15. The summed E-state index contributed by atoms with van der Waals surface area (Å²) in [4.78, 5) is 15.8. The Kier molecular flexibility index (Phi) is 7.10. The first-order valence-electron chi connectivity index (χ1n) is 1.76. The zero-order chi connectivity index (χ0) is 5.91. The van der Waals surface area contributed by atoms with E-state index in [2.05, 4.69) is 4.52 Å². The molecule has 0 aliphatic rings. The molecule has 48 valence electrons. The molecule has 8 heavy (non-hydrogen) atoms. The molecule has 0 spiro atoms. The third-order valence-corrected chi connectivity index (χ3v) is 0.892. The summed E-state index contributed by atoms with van der Waals surface area (Å²) < 4.78 is 13.6. The molecular formula is C2H7O4PZr. The summed E-state index contributed by atoms with van der Waals surface area (Å²) in [5.74, 6) is 0. The third kappa shape index (κ3) is 10.1. The molecule has 0 atom stereocenters. The van der Waals surface area contributed by atoms with Crippen molar-refractivity contribution in [1.29, 1.82) is 0 Å². The van der Waals surface area contributed by atoms with E-state index >= 15 is 0 Å². The zero-order valence-corrected chi connectivity index (χ0v) is 7.72. The summed E-state index contributed by atoms with van der Waals surface area (Å²) in [5, 5.41) is 0. The average Bonchev–Trinajstić information content (AvgIpc) is 1.30. The molecule has 0 aliphatic carbocycles. The van der Waals surface area contributed by atoms with Gasteiger partial charge in [-0.2, -0.15) is 0 Å². The van der Waals surface area contributed by atoms with Gasteiger partial charge in [0.15, 0.2) is 0 Å². The molecule has 0 aromatic rings. The van der Waals surface area contributed by atoms with Crippen molar-refractivity contribution in [1.82, 2.24) is 0 Å². The van der Waals surface area contributed by atoms with E-state index in [0.29, 0.717) is 0 Å². The van der Waals surface area contributed by atoms with Crippen LogP contribution in [-0.4, -0.2) is 16.4 Å². The number of phosphoric ester groups is 1. The summed E-state index contributed by atoms with van der Waals surface area (Å²) in [6.07, 6.45) is 0. The second-order valence-electron chi connectivity index (χ2n) is 0.908. The predicted molar refractivity (Wildman–Crippen MR) is 23.7 cm³/mol. The van der Waals surface area contributed by atoms with E-state index in [9.17, 15) is 4.57 Å². The molecule has 0 aromatic heterocycles. The number of phosphoric acid groups is 1. The van der Waals surface area contributed by atoms with Crippen molar-refractivity contribution >= 4 is 7.82 Å². The topological polar surface area (TPSA) is 66.8 Å². The molecule has 0 aromatic carbocycles. The van der Waals surface area contributed by atoms with E-state index in [4.69, 9.17) is 9.79 Å². The first-order valence-corrected chi connectivity index (χ1v) is 3.29. The van der Waals surface area contributed by atoms with Crippen LogP contribution in [-0.2, 0) is 35.3 Å². The molecular weight excluding hydrogens is 210 g/mol. The smallest absolute Gasteiger partial charge is 0.303 e. The summed E-state index contributed by atoms with van der Waals surface area (Å²) >= 11 is 0. The van der Waals surface area contributed by atoms with Gasteiger partial charge in [-0.15, -0.1) is 0 Å². The minimum absolute atomic E-state index is 0. The second kappa shape index (κ2) is 4.83.